The predicted octanol–water partition coefficient (Wildman–Crippen LogP) is 3.58. The summed E-state index contributed by atoms with van der Waals surface area (Å²) in [6.45, 7) is 7.70. The Hall–Kier alpha value is -2.47. The Morgan fingerprint density at radius 2 is 1.88 bits per heavy atom. The van der Waals surface area contributed by atoms with Crippen molar-refractivity contribution in [1.29, 1.82) is 0 Å². The van der Waals surface area contributed by atoms with Crippen molar-refractivity contribution in [3.8, 4) is 0 Å². The second-order valence-electron chi connectivity index (χ2n) is 6.11. The van der Waals surface area contributed by atoms with Crippen LogP contribution in [0.5, 0.6) is 0 Å². The fraction of sp³-hybridized carbons (Fsp3) is 0.316. The lowest BCUT2D eigenvalue weighted by Crippen LogP contribution is -2.30. The Labute approximate surface area is 150 Å². The Bertz CT molecular complexity index is 1000. The molecule has 1 amide bonds. The second kappa shape index (κ2) is 6.80. The van der Waals surface area contributed by atoms with Gasteiger partial charge >= 0.3 is 0 Å². The highest BCUT2D eigenvalue weighted by Crippen LogP contribution is 2.26. The van der Waals surface area contributed by atoms with Crippen LogP contribution in [0.3, 0.4) is 0 Å². The van der Waals surface area contributed by atoms with E-state index in [0.717, 1.165) is 27.4 Å². The molecule has 0 saturated carbocycles. The van der Waals surface area contributed by atoms with Crippen LogP contribution in [0.1, 0.15) is 28.8 Å². The molecule has 1 N–H and O–H groups in total. The number of carbonyl (C=O) groups excluding carboxylic acids is 1. The smallest absolute Gasteiger partial charge is 0.263 e. The largest absolute Gasteiger partial charge is 0.325 e. The van der Waals surface area contributed by atoms with Crippen molar-refractivity contribution in [1.82, 2.24) is 9.55 Å². The normalized spacial score (nSPS) is 11.0. The van der Waals surface area contributed by atoms with Gasteiger partial charge in [0.1, 0.15) is 17.2 Å². The number of hydrogen-bond acceptors (Lipinski definition) is 4. The molecule has 25 heavy (non-hydrogen) atoms. The molecule has 3 rings (SSSR count). The van der Waals surface area contributed by atoms with Crippen molar-refractivity contribution in [2.45, 2.75) is 40.7 Å². The fourth-order valence-corrected chi connectivity index (χ4v) is 3.85. The molecule has 0 unspecified atom stereocenters. The molecular formula is C19H21N3O2S. The first kappa shape index (κ1) is 17.4. The Morgan fingerprint density at radius 3 is 2.52 bits per heavy atom. The van der Waals surface area contributed by atoms with Gasteiger partial charge in [-0.2, -0.15) is 0 Å². The lowest BCUT2D eigenvalue weighted by Gasteiger charge is -2.10. The van der Waals surface area contributed by atoms with Crippen LogP contribution >= 0.6 is 11.3 Å². The highest BCUT2D eigenvalue weighted by molar-refractivity contribution is 7.18. The molecule has 0 fully saturated rings. The van der Waals surface area contributed by atoms with Crippen LogP contribution in [0, 0.1) is 20.8 Å². The van der Waals surface area contributed by atoms with Crippen molar-refractivity contribution in [3.63, 3.8) is 0 Å². The molecule has 0 radical (unpaired) electrons. The van der Waals surface area contributed by atoms with E-state index in [-0.39, 0.29) is 18.0 Å². The number of anilines is 1. The number of hydrogen-bond donors (Lipinski definition) is 1. The quantitative estimate of drug-likeness (QED) is 0.778. The Kier molecular flexibility index (Phi) is 4.72. The van der Waals surface area contributed by atoms with E-state index < -0.39 is 0 Å². The maximum Gasteiger partial charge on any atom is 0.263 e. The average Bonchev–Trinajstić information content (AvgIpc) is 2.86. The molecule has 1 aromatic carbocycles. The summed E-state index contributed by atoms with van der Waals surface area (Å²) in [5.41, 5.74) is 2.73. The molecule has 0 aliphatic rings. The maximum atomic E-state index is 12.8. The zero-order chi connectivity index (χ0) is 18.1. The maximum absolute atomic E-state index is 12.8. The molecule has 130 valence electrons. The summed E-state index contributed by atoms with van der Waals surface area (Å²) in [5, 5.41) is 3.46. The fourth-order valence-electron chi connectivity index (χ4n) is 2.78. The summed E-state index contributed by atoms with van der Waals surface area (Å²) in [6, 6.07) is 7.72. The number of benzene rings is 1. The summed E-state index contributed by atoms with van der Waals surface area (Å²) < 4.78 is 1.44. The lowest BCUT2D eigenvalue weighted by atomic mass is 10.1. The lowest BCUT2D eigenvalue weighted by molar-refractivity contribution is -0.116. The molecular weight excluding hydrogens is 334 g/mol. The van der Waals surface area contributed by atoms with Gasteiger partial charge in [0.15, 0.2) is 0 Å². The van der Waals surface area contributed by atoms with E-state index in [1.807, 2.05) is 38.1 Å². The third kappa shape index (κ3) is 3.35. The molecule has 0 aliphatic heterocycles. The molecule has 3 aromatic rings. The van der Waals surface area contributed by atoms with Gasteiger partial charge in [-0.3, -0.25) is 14.2 Å². The van der Waals surface area contributed by atoms with Crippen LogP contribution in [0.25, 0.3) is 10.2 Å². The van der Waals surface area contributed by atoms with E-state index in [1.54, 1.807) is 6.92 Å². The number of nitrogens with one attached hydrogen (secondary N) is 1. The van der Waals surface area contributed by atoms with Crippen LogP contribution in [-0.2, 0) is 17.8 Å². The van der Waals surface area contributed by atoms with Crippen LogP contribution in [0.2, 0.25) is 0 Å². The molecule has 0 spiro atoms. The van der Waals surface area contributed by atoms with Gasteiger partial charge in [-0.05, 0) is 50.5 Å². The van der Waals surface area contributed by atoms with Gasteiger partial charge < -0.3 is 5.32 Å². The van der Waals surface area contributed by atoms with Crippen LogP contribution < -0.4 is 10.9 Å². The Balaban J connectivity index is 1.87. The van der Waals surface area contributed by atoms with Gasteiger partial charge in [0.05, 0.1) is 5.39 Å². The summed E-state index contributed by atoms with van der Waals surface area (Å²) in [4.78, 5) is 31.5. The van der Waals surface area contributed by atoms with E-state index in [1.165, 1.54) is 21.5 Å². The van der Waals surface area contributed by atoms with Crippen LogP contribution in [0.15, 0.2) is 29.1 Å². The van der Waals surface area contributed by atoms with Crippen molar-refractivity contribution in [2.24, 2.45) is 0 Å². The van der Waals surface area contributed by atoms with Crippen LogP contribution in [-0.4, -0.2) is 15.5 Å². The molecule has 0 bridgehead atoms. The predicted molar refractivity (Wildman–Crippen MR) is 103 cm³/mol. The monoisotopic (exact) mass is 355 g/mol. The molecule has 0 atom stereocenters. The number of fused-ring (bicyclic) bond motifs is 1. The number of nitrogens with zero attached hydrogens (tertiary/aromatic N) is 2. The zero-order valence-corrected chi connectivity index (χ0v) is 15.7. The third-order valence-corrected chi connectivity index (χ3v) is 5.53. The van der Waals surface area contributed by atoms with Crippen molar-refractivity contribution in [2.75, 3.05) is 5.32 Å². The minimum Gasteiger partial charge on any atom is -0.325 e. The van der Waals surface area contributed by atoms with E-state index in [0.29, 0.717) is 11.2 Å². The SMILES string of the molecule is CCc1ccc(NC(=O)Cn2c(C)nc3sc(C)c(C)c3c2=O)cc1. The molecule has 0 saturated heterocycles. The van der Waals surface area contributed by atoms with Gasteiger partial charge in [0.25, 0.3) is 5.56 Å². The third-order valence-electron chi connectivity index (χ3n) is 4.43. The molecule has 6 heteroatoms. The van der Waals surface area contributed by atoms with Crippen LogP contribution in [0.4, 0.5) is 5.69 Å². The topological polar surface area (TPSA) is 64.0 Å². The Morgan fingerprint density at radius 1 is 1.20 bits per heavy atom. The number of aromatic nitrogens is 2. The van der Waals surface area contributed by atoms with Gasteiger partial charge in [-0.25, -0.2) is 4.98 Å². The molecule has 5 nitrogen and oxygen atoms in total. The summed E-state index contributed by atoms with van der Waals surface area (Å²) in [7, 11) is 0. The van der Waals surface area contributed by atoms with Gasteiger partial charge in [-0.1, -0.05) is 19.1 Å². The summed E-state index contributed by atoms with van der Waals surface area (Å²) in [6.07, 6.45) is 0.952. The van der Waals surface area contributed by atoms with Crippen molar-refractivity contribution in [3.05, 3.63) is 56.4 Å². The van der Waals surface area contributed by atoms with Crippen molar-refractivity contribution < 1.29 is 4.79 Å². The van der Waals surface area contributed by atoms with E-state index in [4.69, 9.17) is 0 Å². The number of aryl methyl sites for hydroxylation is 4. The average molecular weight is 355 g/mol. The summed E-state index contributed by atoms with van der Waals surface area (Å²) in [5.74, 6) is 0.315. The highest BCUT2D eigenvalue weighted by Gasteiger charge is 2.16. The highest BCUT2D eigenvalue weighted by atomic mass is 32.1. The number of rotatable bonds is 4. The van der Waals surface area contributed by atoms with Crippen molar-refractivity contribution >= 4 is 33.1 Å². The number of thiophene rings is 1. The van der Waals surface area contributed by atoms with E-state index in [2.05, 4.69) is 17.2 Å². The molecule has 2 heterocycles. The van der Waals surface area contributed by atoms with E-state index >= 15 is 0 Å². The van der Waals surface area contributed by atoms with E-state index in [9.17, 15) is 9.59 Å². The first-order chi connectivity index (χ1) is 11.9. The molecule has 0 aliphatic carbocycles. The zero-order valence-electron chi connectivity index (χ0n) is 14.8. The first-order valence-corrected chi connectivity index (χ1v) is 9.08. The number of amides is 1. The minimum atomic E-state index is -0.236. The van der Waals surface area contributed by atoms with Gasteiger partial charge in [-0.15, -0.1) is 11.3 Å². The van der Waals surface area contributed by atoms with Gasteiger partial charge in [0.2, 0.25) is 5.91 Å². The minimum absolute atomic E-state index is 0.0442. The second-order valence-corrected chi connectivity index (χ2v) is 7.32. The first-order valence-electron chi connectivity index (χ1n) is 8.26. The molecule has 2 aromatic heterocycles. The standard InChI is InChI=1S/C19H21N3O2S/c1-5-14-6-8-15(9-7-14)21-16(23)10-22-13(4)20-18-17(19(22)24)11(2)12(3)25-18/h6-9H,5,10H2,1-4H3,(H,21,23). The summed E-state index contributed by atoms with van der Waals surface area (Å²) >= 11 is 1.52. The number of carbonyl (C=O) groups is 1. The van der Waals surface area contributed by atoms with Gasteiger partial charge in [0, 0.05) is 10.6 Å².